The first-order valence-electron chi connectivity index (χ1n) is 7.13. The quantitative estimate of drug-likeness (QED) is 0.697. The number of aliphatic hydroxyl groups excluding tert-OH is 1. The lowest BCUT2D eigenvalue weighted by Gasteiger charge is -2.40. The molecule has 0 bridgehead atoms. The molecule has 96 valence electrons. The minimum absolute atomic E-state index is 0.101. The molecular formula is C18H18O. The van der Waals surface area contributed by atoms with E-state index < -0.39 is 0 Å². The van der Waals surface area contributed by atoms with Crippen LogP contribution in [0.25, 0.3) is 11.1 Å². The molecule has 1 N–H and O–H groups in total. The Hall–Kier alpha value is -1.60. The highest BCUT2D eigenvalue weighted by Crippen LogP contribution is 2.45. The van der Waals surface area contributed by atoms with Crippen LogP contribution in [0.5, 0.6) is 0 Å². The van der Waals surface area contributed by atoms with Gasteiger partial charge in [-0.05, 0) is 52.5 Å². The number of benzene rings is 2. The third-order valence-electron chi connectivity index (χ3n) is 4.98. The molecule has 0 aromatic heterocycles. The summed E-state index contributed by atoms with van der Waals surface area (Å²) in [6.45, 7) is 2.15. The standard InChI is InChI=1S/C18H18O/c1-11-17(10-18(11)19)13-6-7-16-14(9-13)8-12-4-2-3-5-15(12)16/h2-7,9,11,17-19H,8,10H2,1H3. The van der Waals surface area contributed by atoms with Crippen molar-refractivity contribution in [1.82, 2.24) is 0 Å². The second kappa shape index (κ2) is 3.94. The molecule has 1 fully saturated rings. The maximum Gasteiger partial charge on any atom is 0.0577 e. The van der Waals surface area contributed by atoms with Crippen molar-refractivity contribution in [3.05, 3.63) is 59.2 Å². The average molecular weight is 250 g/mol. The van der Waals surface area contributed by atoms with Crippen LogP contribution in [-0.4, -0.2) is 11.2 Å². The van der Waals surface area contributed by atoms with Gasteiger partial charge in [-0.15, -0.1) is 0 Å². The summed E-state index contributed by atoms with van der Waals surface area (Å²) in [6.07, 6.45) is 1.88. The zero-order chi connectivity index (χ0) is 13.0. The summed E-state index contributed by atoms with van der Waals surface area (Å²) in [5.41, 5.74) is 7.09. The number of fused-ring (bicyclic) bond motifs is 3. The lowest BCUT2D eigenvalue weighted by Crippen LogP contribution is -2.37. The van der Waals surface area contributed by atoms with Crippen molar-refractivity contribution in [3.63, 3.8) is 0 Å². The van der Waals surface area contributed by atoms with E-state index in [9.17, 15) is 5.11 Å². The van der Waals surface area contributed by atoms with Gasteiger partial charge in [0.1, 0.15) is 0 Å². The van der Waals surface area contributed by atoms with Crippen molar-refractivity contribution in [2.24, 2.45) is 5.92 Å². The summed E-state index contributed by atoms with van der Waals surface area (Å²) >= 11 is 0. The molecule has 0 heterocycles. The Morgan fingerprint density at radius 2 is 1.79 bits per heavy atom. The van der Waals surface area contributed by atoms with Gasteiger partial charge < -0.3 is 5.11 Å². The van der Waals surface area contributed by atoms with Crippen LogP contribution in [0.1, 0.15) is 36.0 Å². The Morgan fingerprint density at radius 3 is 2.58 bits per heavy atom. The lowest BCUT2D eigenvalue weighted by atomic mass is 9.68. The highest BCUT2D eigenvalue weighted by Gasteiger charge is 2.37. The third kappa shape index (κ3) is 1.58. The van der Waals surface area contributed by atoms with Gasteiger partial charge in [0.2, 0.25) is 0 Å². The van der Waals surface area contributed by atoms with Crippen molar-refractivity contribution >= 4 is 0 Å². The average Bonchev–Trinajstić information content (AvgIpc) is 2.81. The molecule has 3 atom stereocenters. The molecule has 0 radical (unpaired) electrons. The molecule has 1 heteroatoms. The summed E-state index contributed by atoms with van der Waals surface area (Å²) in [6, 6.07) is 15.6. The summed E-state index contributed by atoms with van der Waals surface area (Å²) in [7, 11) is 0. The SMILES string of the molecule is CC1C(O)CC1c1ccc2c(c1)Cc1ccccc1-2. The Morgan fingerprint density at radius 1 is 1.00 bits per heavy atom. The molecule has 0 amide bonds. The molecule has 0 spiro atoms. The second-order valence-electron chi connectivity index (χ2n) is 6.02. The van der Waals surface area contributed by atoms with Gasteiger partial charge in [0.15, 0.2) is 0 Å². The zero-order valence-electron chi connectivity index (χ0n) is 11.1. The van der Waals surface area contributed by atoms with E-state index in [4.69, 9.17) is 0 Å². The van der Waals surface area contributed by atoms with Crippen molar-refractivity contribution in [1.29, 1.82) is 0 Å². The van der Waals surface area contributed by atoms with E-state index in [1.54, 1.807) is 0 Å². The molecular weight excluding hydrogens is 232 g/mol. The fourth-order valence-corrected chi connectivity index (χ4v) is 3.60. The van der Waals surface area contributed by atoms with Gasteiger partial charge in [0, 0.05) is 0 Å². The second-order valence-corrected chi connectivity index (χ2v) is 6.02. The minimum Gasteiger partial charge on any atom is -0.393 e. The molecule has 2 aliphatic rings. The van der Waals surface area contributed by atoms with Gasteiger partial charge in [-0.1, -0.05) is 49.4 Å². The van der Waals surface area contributed by atoms with Crippen LogP contribution in [0.15, 0.2) is 42.5 Å². The summed E-state index contributed by atoms with van der Waals surface area (Å²) in [5, 5.41) is 9.68. The first-order valence-corrected chi connectivity index (χ1v) is 7.13. The molecule has 1 saturated carbocycles. The van der Waals surface area contributed by atoms with Crippen LogP contribution in [0, 0.1) is 5.92 Å². The van der Waals surface area contributed by atoms with Gasteiger partial charge in [-0.2, -0.15) is 0 Å². The summed E-state index contributed by atoms with van der Waals surface area (Å²) in [4.78, 5) is 0. The number of hydrogen-bond donors (Lipinski definition) is 1. The summed E-state index contributed by atoms with van der Waals surface area (Å²) < 4.78 is 0. The first kappa shape index (κ1) is 11.2. The molecule has 2 aromatic rings. The van der Waals surface area contributed by atoms with Crippen LogP contribution >= 0.6 is 0 Å². The zero-order valence-corrected chi connectivity index (χ0v) is 11.1. The van der Waals surface area contributed by atoms with E-state index in [0.717, 1.165) is 12.8 Å². The van der Waals surface area contributed by atoms with Crippen LogP contribution in [-0.2, 0) is 6.42 Å². The van der Waals surface area contributed by atoms with Crippen molar-refractivity contribution < 1.29 is 5.11 Å². The lowest BCUT2D eigenvalue weighted by molar-refractivity contribution is 0.0117. The third-order valence-corrected chi connectivity index (χ3v) is 4.98. The fraction of sp³-hybridized carbons (Fsp3) is 0.333. The maximum absolute atomic E-state index is 9.68. The predicted octanol–water partition coefficient (Wildman–Crippen LogP) is 3.74. The van der Waals surface area contributed by atoms with Crippen LogP contribution < -0.4 is 0 Å². The predicted molar refractivity (Wildman–Crippen MR) is 77.2 cm³/mol. The number of rotatable bonds is 1. The topological polar surface area (TPSA) is 20.2 Å². The van der Waals surface area contributed by atoms with E-state index in [-0.39, 0.29) is 6.10 Å². The van der Waals surface area contributed by atoms with Crippen LogP contribution in [0.2, 0.25) is 0 Å². The van der Waals surface area contributed by atoms with E-state index in [0.29, 0.717) is 11.8 Å². The van der Waals surface area contributed by atoms with E-state index >= 15 is 0 Å². The molecule has 0 saturated heterocycles. The normalized spacial score (nSPS) is 27.6. The van der Waals surface area contributed by atoms with Crippen molar-refractivity contribution in [2.45, 2.75) is 31.8 Å². The van der Waals surface area contributed by atoms with Gasteiger partial charge >= 0.3 is 0 Å². The van der Waals surface area contributed by atoms with Gasteiger partial charge in [0.25, 0.3) is 0 Å². The smallest absolute Gasteiger partial charge is 0.0577 e. The largest absolute Gasteiger partial charge is 0.393 e. The van der Waals surface area contributed by atoms with Crippen molar-refractivity contribution in [3.8, 4) is 11.1 Å². The fourth-order valence-electron chi connectivity index (χ4n) is 3.60. The highest BCUT2D eigenvalue weighted by atomic mass is 16.3. The molecule has 3 unspecified atom stereocenters. The Kier molecular flexibility index (Phi) is 2.33. The van der Waals surface area contributed by atoms with Crippen molar-refractivity contribution in [2.75, 3.05) is 0 Å². The highest BCUT2D eigenvalue weighted by molar-refractivity contribution is 5.77. The monoisotopic (exact) mass is 250 g/mol. The van der Waals surface area contributed by atoms with E-state index in [1.165, 1.54) is 27.8 Å². The number of hydrogen-bond acceptors (Lipinski definition) is 1. The Bertz CT molecular complexity index is 644. The summed E-state index contributed by atoms with van der Waals surface area (Å²) in [5.74, 6) is 0.950. The first-order chi connectivity index (χ1) is 9.24. The maximum atomic E-state index is 9.68. The van der Waals surface area contributed by atoms with Gasteiger partial charge in [-0.3, -0.25) is 0 Å². The molecule has 1 nitrogen and oxygen atoms in total. The van der Waals surface area contributed by atoms with Crippen LogP contribution in [0.3, 0.4) is 0 Å². The van der Waals surface area contributed by atoms with E-state index in [2.05, 4.69) is 49.4 Å². The van der Waals surface area contributed by atoms with Gasteiger partial charge in [0.05, 0.1) is 6.10 Å². The number of aliphatic hydroxyl groups is 1. The van der Waals surface area contributed by atoms with Crippen LogP contribution in [0.4, 0.5) is 0 Å². The molecule has 0 aliphatic heterocycles. The Labute approximate surface area is 113 Å². The molecule has 19 heavy (non-hydrogen) atoms. The van der Waals surface area contributed by atoms with Gasteiger partial charge in [-0.25, -0.2) is 0 Å². The molecule has 2 aliphatic carbocycles. The molecule has 4 rings (SSSR count). The minimum atomic E-state index is -0.101. The molecule has 2 aromatic carbocycles. The van der Waals surface area contributed by atoms with E-state index in [1.807, 2.05) is 0 Å². The Balaban J connectivity index is 1.72.